The Morgan fingerprint density at radius 3 is 1.85 bits per heavy atom. The number of rotatable bonds is 3. The Morgan fingerprint density at radius 1 is 1.05 bits per heavy atom. The second-order valence-electron chi connectivity index (χ2n) is 4.38. The number of ether oxygens (including phenoxy) is 2. The minimum Gasteiger partial charge on any atom is -0.468 e. The normalized spacial score (nSPS) is 9.70. The first kappa shape index (κ1) is 15.8. The van der Waals surface area contributed by atoms with Crippen LogP contribution in [-0.2, 0) is 19.1 Å². The molecule has 0 bridgehead atoms. The van der Waals surface area contributed by atoms with Crippen LogP contribution in [0, 0.1) is 25.7 Å². The van der Waals surface area contributed by atoms with Gasteiger partial charge in [-0.2, -0.15) is 0 Å². The summed E-state index contributed by atoms with van der Waals surface area (Å²) in [5, 5.41) is 0. The minimum atomic E-state index is -1.06. The quantitative estimate of drug-likeness (QED) is 0.481. The molecule has 0 heterocycles. The topological polar surface area (TPSA) is 52.6 Å². The van der Waals surface area contributed by atoms with Gasteiger partial charge < -0.3 is 9.47 Å². The first-order chi connectivity index (χ1) is 9.46. The summed E-state index contributed by atoms with van der Waals surface area (Å²) in [6.07, 6.45) is 0. The van der Waals surface area contributed by atoms with Gasteiger partial charge in [0.25, 0.3) is 0 Å². The third-order valence-electron chi connectivity index (χ3n) is 3.03. The van der Waals surface area contributed by atoms with Crippen LogP contribution in [-0.4, -0.2) is 26.2 Å². The van der Waals surface area contributed by atoms with Gasteiger partial charge in [0, 0.05) is 5.56 Å². The lowest BCUT2D eigenvalue weighted by atomic mass is 9.89. The highest BCUT2D eigenvalue weighted by atomic mass is 16.5. The van der Waals surface area contributed by atoms with Crippen LogP contribution in [0.25, 0.3) is 0 Å². The van der Waals surface area contributed by atoms with Crippen LogP contribution in [0.1, 0.15) is 35.1 Å². The minimum absolute atomic E-state index is 0.616. The van der Waals surface area contributed by atoms with E-state index in [0.29, 0.717) is 5.56 Å². The van der Waals surface area contributed by atoms with E-state index in [1.54, 1.807) is 6.92 Å². The molecule has 1 aromatic rings. The van der Waals surface area contributed by atoms with Crippen molar-refractivity contribution in [2.45, 2.75) is 26.7 Å². The summed E-state index contributed by atoms with van der Waals surface area (Å²) in [7, 11) is 2.50. The molecule has 0 spiro atoms. The standard InChI is InChI=1S/C16H18O4/c1-6-7-12-8-10(2)13(11(3)9-12)14(15(17)19-4)16(18)20-5/h8-9,14H,1-5H3. The van der Waals surface area contributed by atoms with E-state index in [1.165, 1.54) is 14.2 Å². The Morgan fingerprint density at radius 2 is 1.50 bits per heavy atom. The zero-order valence-corrected chi connectivity index (χ0v) is 12.4. The number of hydrogen-bond donors (Lipinski definition) is 0. The monoisotopic (exact) mass is 274 g/mol. The molecule has 0 fully saturated rings. The van der Waals surface area contributed by atoms with Crippen molar-refractivity contribution < 1.29 is 19.1 Å². The van der Waals surface area contributed by atoms with Crippen molar-refractivity contribution in [1.82, 2.24) is 0 Å². The molecule has 0 N–H and O–H groups in total. The number of methoxy groups -OCH3 is 2. The second-order valence-corrected chi connectivity index (χ2v) is 4.38. The number of esters is 2. The van der Waals surface area contributed by atoms with Gasteiger partial charge in [-0.15, -0.1) is 5.92 Å². The summed E-state index contributed by atoms with van der Waals surface area (Å²) in [4.78, 5) is 23.8. The Hall–Kier alpha value is -2.28. The van der Waals surface area contributed by atoms with Crippen LogP contribution in [0.5, 0.6) is 0 Å². The lowest BCUT2D eigenvalue weighted by Crippen LogP contribution is -2.26. The maximum atomic E-state index is 11.9. The highest BCUT2D eigenvalue weighted by Gasteiger charge is 2.33. The van der Waals surface area contributed by atoms with Crippen molar-refractivity contribution in [3.63, 3.8) is 0 Å². The van der Waals surface area contributed by atoms with Crippen LogP contribution in [0.2, 0.25) is 0 Å². The van der Waals surface area contributed by atoms with E-state index in [9.17, 15) is 9.59 Å². The molecule has 0 amide bonds. The van der Waals surface area contributed by atoms with Crippen molar-refractivity contribution in [3.8, 4) is 11.8 Å². The average molecular weight is 274 g/mol. The first-order valence-electron chi connectivity index (χ1n) is 6.15. The molecule has 0 aliphatic heterocycles. The van der Waals surface area contributed by atoms with Gasteiger partial charge >= 0.3 is 11.9 Å². The van der Waals surface area contributed by atoms with Crippen LogP contribution in [0.4, 0.5) is 0 Å². The zero-order chi connectivity index (χ0) is 15.3. The van der Waals surface area contributed by atoms with Gasteiger partial charge in [-0.05, 0) is 49.6 Å². The molecule has 106 valence electrons. The van der Waals surface area contributed by atoms with Gasteiger partial charge in [0.1, 0.15) is 0 Å². The summed E-state index contributed by atoms with van der Waals surface area (Å²) in [5.74, 6) is 3.46. The Labute approximate surface area is 119 Å². The Bertz CT molecular complexity index is 551. The van der Waals surface area contributed by atoms with Gasteiger partial charge in [-0.3, -0.25) is 9.59 Å². The second kappa shape index (κ2) is 6.76. The number of hydrogen-bond acceptors (Lipinski definition) is 4. The van der Waals surface area contributed by atoms with Crippen LogP contribution >= 0.6 is 0 Å². The third kappa shape index (κ3) is 3.18. The summed E-state index contributed by atoms with van der Waals surface area (Å²) in [6.45, 7) is 5.42. The molecule has 0 radical (unpaired) electrons. The van der Waals surface area contributed by atoms with Crippen molar-refractivity contribution in [1.29, 1.82) is 0 Å². The maximum Gasteiger partial charge on any atom is 0.324 e. The fourth-order valence-corrected chi connectivity index (χ4v) is 2.21. The summed E-state index contributed by atoms with van der Waals surface area (Å²) >= 11 is 0. The van der Waals surface area contributed by atoms with Crippen molar-refractivity contribution in [3.05, 3.63) is 34.4 Å². The molecule has 0 unspecified atom stereocenters. The van der Waals surface area contributed by atoms with Crippen molar-refractivity contribution in [2.24, 2.45) is 0 Å². The Kier molecular flexibility index (Phi) is 5.33. The van der Waals surface area contributed by atoms with Gasteiger partial charge in [-0.25, -0.2) is 0 Å². The molecule has 0 aliphatic carbocycles. The molecule has 0 saturated heterocycles. The lowest BCUT2D eigenvalue weighted by Gasteiger charge is -2.18. The lowest BCUT2D eigenvalue weighted by molar-refractivity contribution is -0.154. The number of benzene rings is 1. The maximum absolute atomic E-state index is 11.9. The molecular weight excluding hydrogens is 256 g/mol. The van der Waals surface area contributed by atoms with Gasteiger partial charge in [0.15, 0.2) is 5.92 Å². The first-order valence-corrected chi connectivity index (χ1v) is 6.15. The fraction of sp³-hybridized carbons (Fsp3) is 0.375. The SMILES string of the molecule is CC#Cc1cc(C)c(C(C(=O)OC)C(=O)OC)c(C)c1. The molecule has 1 rings (SSSR count). The van der Waals surface area contributed by atoms with Crippen molar-refractivity contribution >= 4 is 11.9 Å². The van der Waals surface area contributed by atoms with E-state index in [2.05, 4.69) is 11.8 Å². The van der Waals surface area contributed by atoms with Gasteiger partial charge in [0.2, 0.25) is 0 Å². The van der Waals surface area contributed by atoms with Crippen molar-refractivity contribution in [2.75, 3.05) is 14.2 Å². The molecule has 20 heavy (non-hydrogen) atoms. The molecular formula is C16H18O4. The van der Waals surface area contributed by atoms with E-state index in [0.717, 1.165) is 16.7 Å². The molecule has 0 atom stereocenters. The average Bonchev–Trinajstić information content (AvgIpc) is 2.41. The van der Waals surface area contributed by atoms with E-state index in [1.807, 2.05) is 26.0 Å². The van der Waals surface area contributed by atoms with E-state index in [-0.39, 0.29) is 0 Å². The number of aryl methyl sites for hydroxylation is 2. The number of carbonyl (C=O) groups is 2. The van der Waals surface area contributed by atoms with E-state index >= 15 is 0 Å². The van der Waals surface area contributed by atoms with Crippen LogP contribution in [0.15, 0.2) is 12.1 Å². The molecule has 0 aliphatic rings. The van der Waals surface area contributed by atoms with E-state index < -0.39 is 17.9 Å². The molecule has 1 aromatic carbocycles. The summed E-state index contributed by atoms with van der Waals surface area (Å²) in [5.41, 5.74) is 3.08. The summed E-state index contributed by atoms with van der Waals surface area (Å²) in [6, 6.07) is 3.69. The van der Waals surface area contributed by atoms with E-state index in [4.69, 9.17) is 9.47 Å². The molecule has 0 saturated carbocycles. The molecule has 4 nitrogen and oxygen atoms in total. The van der Waals surface area contributed by atoms with Gasteiger partial charge in [-0.1, -0.05) is 5.92 Å². The predicted molar refractivity (Wildman–Crippen MR) is 75.2 cm³/mol. The van der Waals surface area contributed by atoms with Crippen LogP contribution < -0.4 is 0 Å². The van der Waals surface area contributed by atoms with Gasteiger partial charge in [0.05, 0.1) is 14.2 Å². The molecule has 0 aromatic heterocycles. The highest BCUT2D eigenvalue weighted by molar-refractivity contribution is 6.01. The molecule has 4 heteroatoms. The fourth-order valence-electron chi connectivity index (χ4n) is 2.21. The van der Waals surface area contributed by atoms with Crippen LogP contribution in [0.3, 0.4) is 0 Å². The smallest absolute Gasteiger partial charge is 0.324 e. The summed E-state index contributed by atoms with van der Waals surface area (Å²) < 4.78 is 9.42. The largest absolute Gasteiger partial charge is 0.468 e. The third-order valence-corrected chi connectivity index (χ3v) is 3.03. The Balaban J connectivity index is 3.43. The highest BCUT2D eigenvalue weighted by Crippen LogP contribution is 2.27. The number of carbonyl (C=O) groups excluding carboxylic acids is 2. The zero-order valence-electron chi connectivity index (χ0n) is 12.4. The predicted octanol–water partition coefficient (Wildman–Crippen LogP) is 2.10.